The number of likely N-dealkylation sites (tertiary alicyclic amines) is 1. The van der Waals surface area contributed by atoms with Gasteiger partial charge in [0.05, 0.1) is 0 Å². The van der Waals surface area contributed by atoms with Crippen molar-refractivity contribution in [1.82, 2.24) is 24.8 Å². The van der Waals surface area contributed by atoms with Gasteiger partial charge in [-0.3, -0.25) is 14.4 Å². The Morgan fingerprint density at radius 2 is 1.93 bits per heavy atom. The molecule has 30 heavy (non-hydrogen) atoms. The third-order valence-electron chi connectivity index (χ3n) is 5.52. The van der Waals surface area contributed by atoms with E-state index in [0.717, 1.165) is 6.42 Å². The number of aromatic nitrogens is 3. The number of hydrogen-bond donors (Lipinski definition) is 2. The van der Waals surface area contributed by atoms with Crippen molar-refractivity contribution in [2.24, 2.45) is 5.92 Å². The van der Waals surface area contributed by atoms with E-state index in [2.05, 4.69) is 15.4 Å². The summed E-state index contributed by atoms with van der Waals surface area (Å²) in [5.41, 5.74) is 2.19. The van der Waals surface area contributed by atoms with E-state index < -0.39 is 0 Å². The molecule has 2 aromatic heterocycles. The second-order valence-corrected chi connectivity index (χ2v) is 7.72. The number of nitrogens with zero attached hydrogens (tertiary/aromatic N) is 3. The lowest BCUT2D eigenvalue weighted by atomic mass is 9.95. The van der Waals surface area contributed by atoms with E-state index in [1.54, 1.807) is 18.0 Å². The van der Waals surface area contributed by atoms with E-state index in [1.807, 2.05) is 30.3 Å². The summed E-state index contributed by atoms with van der Waals surface area (Å²) in [6.45, 7) is 3.37. The largest absolute Gasteiger partial charge is 0.356 e. The van der Waals surface area contributed by atoms with Gasteiger partial charge >= 0.3 is 0 Å². The highest BCUT2D eigenvalue weighted by molar-refractivity contribution is 5.93. The van der Waals surface area contributed by atoms with Crippen molar-refractivity contribution in [3.8, 4) is 0 Å². The predicted molar refractivity (Wildman–Crippen MR) is 112 cm³/mol. The quantitative estimate of drug-likeness (QED) is 0.670. The van der Waals surface area contributed by atoms with E-state index in [-0.39, 0.29) is 29.0 Å². The van der Waals surface area contributed by atoms with Crippen LogP contribution in [0.4, 0.5) is 0 Å². The number of fused-ring (bicyclic) bond motifs is 1. The molecule has 156 valence electrons. The molecular weight excluding hydrogens is 382 g/mol. The number of amides is 2. The molecule has 1 saturated heterocycles. The van der Waals surface area contributed by atoms with Gasteiger partial charge in [-0.1, -0.05) is 30.3 Å². The zero-order chi connectivity index (χ0) is 21.1. The number of benzene rings is 1. The van der Waals surface area contributed by atoms with E-state index in [0.29, 0.717) is 43.7 Å². The van der Waals surface area contributed by atoms with Crippen molar-refractivity contribution in [2.45, 2.75) is 26.2 Å². The summed E-state index contributed by atoms with van der Waals surface area (Å²) < 4.78 is 1.44. The third-order valence-corrected chi connectivity index (χ3v) is 5.52. The lowest BCUT2D eigenvalue weighted by molar-refractivity contribution is -0.126. The molecule has 0 spiro atoms. The number of carbonyl (C=O) groups is 2. The molecule has 1 aromatic carbocycles. The fraction of sp³-hybridized carbons (Fsp3) is 0.364. The first-order chi connectivity index (χ1) is 14.5. The number of aromatic amines is 1. The predicted octanol–water partition coefficient (Wildman–Crippen LogP) is 1.54. The third kappa shape index (κ3) is 4.27. The Bertz CT molecular complexity index is 1110. The Hall–Kier alpha value is -3.42. The fourth-order valence-corrected chi connectivity index (χ4v) is 3.85. The summed E-state index contributed by atoms with van der Waals surface area (Å²) in [5, 5.41) is 7.27. The van der Waals surface area contributed by atoms with E-state index >= 15 is 0 Å². The van der Waals surface area contributed by atoms with Crippen molar-refractivity contribution in [2.75, 3.05) is 19.6 Å². The van der Waals surface area contributed by atoms with Gasteiger partial charge in [-0.15, -0.1) is 0 Å². The first kappa shape index (κ1) is 19.9. The van der Waals surface area contributed by atoms with Gasteiger partial charge in [0.2, 0.25) is 5.91 Å². The molecule has 3 aromatic rings. The Morgan fingerprint density at radius 1 is 1.20 bits per heavy atom. The monoisotopic (exact) mass is 407 g/mol. The summed E-state index contributed by atoms with van der Waals surface area (Å²) in [7, 11) is 0. The van der Waals surface area contributed by atoms with E-state index in [1.165, 1.54) is 16.1 Å². The van der Waals surface area contributed by atoms with Gasteiger partial charge in [0.1, 0.15) is 5.52 Å². The van der Waals surface area contributed by atoms with Crippen molar-refractivity contribution in [3.63, 3.8) is 0 Å². The smallest absolute Gasteiger partial charge is 0.274 e. The number of carbonyl (C=O) groups excluding carboxylic acids is 2. The number of rotatable bonds is 5. The molecular formula is C22H25N5O3. The maximum atomic E-state index is 12.8. The van der Waals surface area contributed by atoms with Crippen LogP contribution in [0.5, 0.6) is 0 Å². The molecule has 0 atom stereocenters. The number of hydrogen-bond acceptors (Lipinski definition) is 4. The molecule has 0 unspecified atom stereocenters. The minimum Gasteiger partial charge on any atom is -0.356 e. The van der Waals surface area contributed by atoms with Gasteiger partial charge in [0.25, 0.3) is 11.5 Å². The summed E-state index contributed by atoms with van der Waals surface area (Å²) >= 11 is 0. The first-order valence-electron chi connectivity index (χ1n) is 10.2. The van der Waals surface area contributed by atoms with Crippen molar-refractivity contribution in [3.05, 3.63) is 69.9 Å². The maximum Gasteiger partial charge on any atom is 0.274 e. The Labute approximate surface area is 173 Å². The van der Waals surface area contributed by atoms with Crippen LogP contribution >= 0.6 is 0 Å². The Kier molecular flexibility index (Phi) is 5.65. The van der Waals surface area contributed by atoms with Crippen molar-refractivity contribution in [1.29, 1.82) is 0 Å². The van der Waals surface area contributed by atoms with Crippen LogP contribution < -0.4 is 10.9 Å². The molecule has 1 aliphatic heterocycles. The number of H-pyrrole nitrogens is 1. The highest BCUT2D eigenvalue weighted by Crippen LogP contribution is 2.19. The van der Waals surface area contributed by atoms with E-state index in [4.69, 9.17) is 0 Å². The van der Waals surface area contributed by atoms with Crippen molar-refractivity contribution >= 4 is 17.3 Å². The van der Waals surface area contributed by atoms with Crippen LogP contribution in [0.15, 0.2) is 47.4 Å². The topological polar surface area (TPSA) is 99.6 Å². The first-order valence-corrected chi connectivity index (χ1v) is 10.2. The van der Waals surface area contributed by atoms with Gasteiger partial charge in [0.15, 0.2) is 5.69 Å². The molecule has 3 heterocycles. The highest BCUT2D eigenvalue weighted by atomic mass is 16.2. The van der Waals surface area contributed by atoms with Crippen LogP contribution in [0.3, 0.4) is 0 Å². The minimum absolute atomic E-state index is 0.0489. The molecule has 8 nitrogen and oxygen atoms in total. The summed E-state index contributed by atoms with van der Waals surface area (Å²) in [6.07, 6.45) is 3.72. The molecule has 0 radical (unpaired) electrons. The van der Waals surface area contributed by atoms with Crippen LogP contribution in [0.2, 0.25) is 0 Å². The van der Waals surface area contributed by atoms with Crippen LogP contribution in [0, 0.1) is 12.8 Å². The summed E-state index contributed by atoms with van der Waals surface area (Å²) in [4.78, 5) is 41.7. The molecule has 0 saturated carbocycles. The SMILES string of the molecule is Cc1cn2nc(C(=O)N3CCC(C(=O)NCCc4ccccc4)CC3)cc2c(=O)[nH]1. The van der Waals surface area contributed by atoms with Gasteiger partial charge in [-0.05, 0) is 31.7 Å². The normalized spacial score (nSPS) is 14.8. The maximum absolute atomic E-state index is 12.8. The van der Waals surface area contributed by atoms with Crippen LogP contribution in [0.1, 0.15) is 34.6 Å². The van der Waals surface area contributed by atoms with Crippen LogP contribution in [-0.4, -0.2) is 50.9 Å². The second-order valence-electron chi connectivity index (χ2n) is 7.72. The van der Waals surface area contributed by atoms with Gasteiger partial charge in [-0.25, -0.2) is 4.52 Å². The average Bonchev–Trinajstić information content (AvgIpc) is 3.18. The zero-order valence-corrected chi connectivity index (χ0v) is 16.9. The van der Waals surface area contributed by atoms with Crippen LogP contribution in [-0.2, 0) is 11.2 Å². The molecule has 2 N–H and O–H groups in total. The average molecular weight is 407 g/mol. The molecule has 0 aliphatic carbocycles. The molecule has 2 amide bonds. The molecule has 0 bridgehead atoms. The molecule has 1 fully saturated rings. The number of piperidine rings is 1. The lowest BCUT2D eigenvalue weighted by Crippen LogP contribution is -2.43. The zero-order valence-electron chi connectivity index (χ0n) is 16.9. The minimum atomic E-state index is -0.271. The highest BCUT2D eigenvalue weighted by Gasteiger charge is 2.28. The fourth-order valence-electron chi connectivity index (χ4n) is 3.85. The molecule has 1 aliphatic rings. The van der Waals surface area contributed by atoms with Crippen LogP contribution in [0.25, 0.3) is 5.52 Å². The molecule has 8 heteroatoms. The molecule has 4 rings (SSSR count). The summed E-state index contributed by atoms with van der Waals surface area (Å²) in [6, 6.07) is 11.6. The van der Waals surface area contributed by atoms with Gasteiger partial charge < -0.3 is 15.2 Å². The summed E-state index contributed by atoms with van der Waals surface area (Å²) in [5.74, 6) is -0.247. The van der Waals surface area contributed by atoms with Gasteiger partial charge in [0, 0.05) is 43.5 Å². The second kappa shape index (κ2) is 8.52. The Morgan fingerprint density at radius 3 is 2.67 bits per heavy atom. The number of aryl methyl sites for hydroxylation is 1. The van der Waals surface area contributed by atoms with Crippen molar-refractivity contribution < 1.29 is 9.59 Å². The van der Waals surface area contributed by atoms with Gasteiger partial charge in [-0.2, -0.15) is 5.10 Å². The number of nitrogens with one attached hydrogen (secondary N) is 2. The standard InChI is InChI=1S/C22H25N5O3/c1-15-14-27-19(21(29)24-15)13-18(25-27)22(30)26-11-8-17(9-12-26)20(28)23-10-7-16-5-3-2-4-6-16/h2-6,13-14,17H,7-12H2,1H3,(H,23,28)(H,24,29). The lowest BCUT2D eigenvalue weighted by Gasteiger charge is -2.30. The van der Waals surface area contributed by atoms with E-state index in [9.17, 15) is 14.4 Å². The Balaban J connectivity index is 1.30.